The summed E-state index contributed by atoms with van der Waals surface area (Å²) in [5.74, 6) is -1.23. The largest absolute Gasteiger partial charge is 0.465 e. The second-order valence-corrected chi connectivity index (χ2v) is 4.61. The monoisotopic (exact) mass is 296 g/mol. The van der Waals surface area contributed by atoms with E-state index in [9.17, 15) is 9.59 Å². The van der Waals surface area contributed by atoms with E-state index in [1.807, 2.05) is 0 Å². The first-order valence-electron chi connectivity index (χ1n) is 6.22. The fourth-order valence-electron chi connectivity index (χ4n) is 1.34. The van der Waals surface area contributed by atoms with Crippen LogP contribution >= 0.6 is 11.6 Å². The van der Waals surface area contributed by atoms with Crippen LogP contribution in [0.1, 0.15) is 31.1 Å². The van der Waals surface area contributed by atoms with Crippen LogP contribution in [0.2, 0.25) is 5.02 Å². The van der Waals surface area contributed by atoms with E-state index in [1.54, 1.807) is 45.0 Å². The van der Waals surface area contributed by atoms with Crippen molar-refractivity contribution in [3.05, 3.63) is 34.9 Å². The van der Waals surface area contributed by atoms with Gasteiger partial charge in [0.25, 0.3) is 5.91 Å². The molecule has 0 aromatic heterocycles. The van der Waals surface area contributed by atoms with Crippen LogP contribution < -0.4 is 5.43 Å². The summed E-state index contributed by atoms with van der Waals surface area (Å²) in [6, 6.07) is 6.43. The highest BCUT2D eigenvalue weighted by molar-refractivity contribution is 6.30. The molecule has 0 unspecified atom stereocenters. The number of hydrogen-bond donors (Lipinski definition) is 1. The van der Waals surface area contributed by atoms with Crippen molar-refractivity contribution in [2.45, 2.75) is 20.8 Å². The number of carbonyl (C=O) groups is 2. The molecular formula is C14H17ClN2O3. The first-order chi connectivity index (χ1) is 9.45. The quantitative estimate of drug-likeness (QED) is 0.516. The van der Waals surface area contributed by atoms with Crippen molar-refractivity contribution >= 4 is 29.2 Å². The maximum atomic E-state index is 11.8. The van der Waals surface area contributed by atoms with Crippen LogP contribution in [0.4, 0.5) is 0 Å². The number of carbonyl (C=O) groups excluding carboxylic acids is 2. The Morgan fingerprint density at radius 2 is 1.95 bits per heavy atom. The zero-order chi connectivity index (χ0) is 15.1. The molecule has 0 saturated heterocycles. The van der Waals surface area contributed by atoms with E-state index in [1.165, 1.54) is 0 Å². The fraction of sp³-hybridized carbons (Fsp3) is 0.357. The molecule has 0 heterocycles. The Hall–Kier alpha value is -1.88. The molecule has 108 valence electrons. The number of amides is 1. The van der Waals surface area contributed by atoms with Crippen LogP contribution in [0.5, 0.6) is 0 Å². The molecule has 0 fully saturated rings. The SMILES string of the molecule is CCOC(=O)[C@H](C)/C(C)=N\NC(=O)c1ccc(Cl)cc1. The van der Waals surface area contributed by atoms with Crippen molar-refractivity contribution in [3.8, 4) is 0 Å². The number of hydrazone groups is 1. The Labute approximate surface area is 123 Å². The van der Waals surface area contributed by atoms with Gasteiger partial charge in [-0.3, -0.25) is 9.59 Å². The van der Waals surface area contributed by atoms with Crippen molar-refractivity contribution < 1.29 is 14.3 Å². The third-order valence-corrected chi connectivity index (χ3v) is 2.96. The normalized spacial score (nSPS) is 12.7. The number of nitrogens with one attached hydrogen (secondary N) is 1. The summed E-state index contributed by atoms with van der Waals surface area (Å²) in [5, 5.41) is 4.46. The molecule has 0 spiro atoms. The molecule has 6 heteroatoms. The molecular weight excluding hydrogens is 280 g/mol. The average Bonchev–Trinajstić information content (AvgIpc) is 2.44. The Bertz CT molecular complexity index is 512. The standard InChI is InChI=1S/C14H17ClN2O3/c1-4-20-14(19)9(2)10(3)16-17-13(18)11-5-7-12(15)8-6-11/h5-9H,4H2,1-3H3,(H,17,18)/b16-10-/t9-/m1/s1. The lowest BCUT2D eigenvalue weighted by Gasteiger charge is -2.10. The van der Waals surface area contributed by atoms with Gasteiger partial charge in [0.1, 0.15) is 0 Å². The van der Waals surface area contributed by atoms with E-state index in [4.69, 9.17) is 16.3 Å². The Morgan fingerprint density at radius 3 is 2.50 bits per heavy atom. The zero-order valence-corrected chi connectivity index (χ0v) is 12.4. The lowest BCUT2D eigenvalue weighted by molar-refractivity contribution is -0.145. The predicted molar refractivity (Wildman–Crippen MR) is 77.8 cm³/mol. The second kappa shape index (κ2) is 7.65. The molecule has 1 rings (SSSR count). The van der Waals surface area contributed by atoms with E-state index in [-0.39, 0.29) is 11.9 Å². The predicted octanol–water partition coefficient (Wildman–Crippen LogP) is 2.64. The lowest BCUT2D eigenvalue weighted by atomic mass is 10.1. The maximum absolute atomic E-state index is 11.8. The number of rotatable bonds is 5. The molecule has 0 aliphatic heterocycles. The van der Waals surface area contributed by atoms with Gasteiger partial charge >= 0.3 is 5.97 Å². The second-order valence-electron chi connectivity index (χ2n) is 4.17. The number of esters is 1. The minimum atomic E-state index is -0.500. The zero-order valence-electron chi connectivity index (χ0n) is 11.6. The van der Waals surface area contributed by atoms with Crippen molar-refractivity contribution in [3.63, 3.8) is 0 Å². The van der Waals surface area contributed by atoms with Crippen LogP contribution in [0.3, 0.4) is 0 Å². The minimum Gasteiger partial charge on any atom is -0.465 e. The molecule has 1 atom stereocenters. The van der Waals surface area contributed by atoms with Gasteiger partial charge < -0.3 is 4.74 Å². The molecule has 0 saturated carbocycles. The molecule has 20 heavy (non-hydrogen) atoms. The average molecular weight is 297 g/mol. The molecule has 0 aliphatic rings. The highest BCUT2D eigenvalue weighted by Gasteiger charge is 2.17. The molecule has 1 aromatic rings. The summed E-state index contributed by atoms with van der Waals surface area (Å²) in [7, 11) is 0. The van der Waals surface area contributed by atoms with E-state index >= 15 is 0 Å². The van der Waals surface area contributed by atoms with E-state index in [0.717, 1.165) is 0 Å². The molecule has 0 bridgehead atoms. The molecule has 5 nitrogen and oxygen atoms in total. The molecule has 1 N–H and O–H groups in total. The molecule has 0 aliphatic carbocycles. The van der Waals surface area contributed by atoms with Crippen LogP contribution in [0.15, 0.2) is 29.4 Å². The summed E-state index contributed by atoms with van der Waals surface area (Å²) in [6.07, 6.45) is 0. The summed E-state index contributed by atoms with van der Waals surface area (Å²) in [6.45, 7) is 5.38. The van der Waals surface area contributed by atoms with Crippen molar-refractivity contribution in [1.29, 1.82) is 0 Å². The summed E-state index contributed by atoms with van der Waals surface area (Å²) < 4.78 is 4.88. The fourth-order valence-corrected chi connectivity index (χ4v) is 1.47. The van der Waals surface area contributed by atoms with Gasteiger partial charge in [-0.25, -0.2) is 5.43 Å². The Kier molecular flexibility index (Phi) is 6.18. The van der Waals surface area contributed by atoms with E-state index in [2.05, 4.69) is 10.5 Å². The van der Waals surface area contributed by atoms with Gasteiger partial charge in [0.05, 0.1) is 12.5 Å². The third kappa shape index (κ3) is 4.66. The maximum Gasteiger partial charge on any atom is 0.314 e. The van der Waals surface area contributed by atoms with Crippen molar-refractivity contribution in [1.82, 2.24) is 5.43 Å². The first kappa shape index (κ1) is 16.2. The van der Waals surface area contributed by atoms with Gasteiger partial charge in [-0.05, 0) is 45.0 Å². The van der Waals surface area contributed by atoms with Crippen LogP contribution in [-0.4, -0.2) is 24.2 Å². The van der Waals surface area contributed by atoms with Gasteiger partial charge in [-0.15, -0.1) is 0 Å². The topological polar surface area (TPSA) is 67.8 Å². The first-order valence-corrected chi connectivity index (χ1v) is 6.60. The number of ether oxygens (including phenoxy) is 1. The molecule has 0 radical (unpaired) electrons. The third-order valence-electron chi connectivity index (χ3n) is 2.71. The van der Waals surface area contributed by atoms with Gasteiger partial charge in [-0.2, -0.15) is 5.10 Å². The van der Waals surface area contributed by atoms with Gasteiger partial charge in [0, 0.05) is 16.3 Å². The smallest absolute Gasteiger partial charge is 0.314 e. The van der Waals surface area contributed by atoms with Crippen molar-refractivity contribution in [2.75, 3.05) is 6.61 Å². The van der Waals surface area contributed by atoms with E-state index < -0.39 is 5.92 Å². The van der Waals surface area contributed by atoms with Gasteiger partial charge in [-0.1, -0.05) is 11.6 Å². The summed E-state index contributed by atoms with van der Waals surface area (Å²) in [4.78, 5) is 23.3. The van der Waals surface area contributed by atoms with Crippen LogP contribution in [0.25, 0.3) is 0 Å². The van der Waals surface area contributed by atoms with E-state index in [0.29, 0.717) is 22.9 Å². The van der Waals surface area contributed by atoms with Crippen molar-refractivity contribution in [2.24, 2.45) is 11.0 Å². The van der Waals surface area contributed by atoms with Crippen LogP contribution in [0, 0.1) is 5.92 Å². The molecule has 1 aromatic carbocycles. The number of hydrogen-bond acceptors (Lipinski definition) is 4. The van der Waals surface area contributed by atoms with Crippen LogP contribution in [-0.2, 0) is 9.53 Å². The summed E-state index contributed by atoms with van der Waals surface area (Å²) in [5.41, 5.74) is 3.31. The summed E-state index contributed by atoms with van der Waals surface area (Å²) >= 11 is 5.74. The van der Waals surface area contributed by atoms with Gasteiger partial charge in [0.2, 0.25) is 0 Å². The number of benzene rings is 1. The number of halogens is 1. The minimum absolute atomic E-state index is 0.313. The number of nitrogens with zero attached hydrogens (tertiary/aromatic N) is 1. The molecule has 1 amide bonds. The van der Waals surface area contributed by atoms with Gasteiger partial charge in [0.15, 0.2) is 0 Å². The Morgan fingerprint density at radius 1 is 1.35 bits per heavy atom. The highest BCUT2D eigenvalue weighted by Crippen LogP contribution is 2.09. The lowest BCUT2D eigenvalue weighted by Crippen LogP contribution is -2.25. The Balaban J connectivity index is 2.64. The highest BCUT2D eigenvalue weighted by atomic mass is 35.5.